The lowest BCUT2D eigenvalue weighted by atomic mass is 10.1. The van der Waals surface area contributed by atoms with Crippen LogP contribution in [-0.2, 0) is 10.6 Å². The number of alkyl halides is 1. The van der Waals surface area contributed by atoms with Crippen LogP contribution in [0.15, 0.2) is 18.2 Å². The third-order valence-corrected chi connectivity index (χ3v) is 3.65. The SMILES string of the molecule is COc1ccc(OCCCC2CCCO2)c(CCl)c1. The average Bonchev–Trinajstić information content (AvgIpc) is 2.96. The van der Waals surface area contributed by atoms with Crippen molar-refractivity contribution in [3.63, 3.8) is 0 Å². The van der Waals surface area contributed by atoms with Gasteiger partial charge in [-0.1, -0.05) is 0 Å². The molecule has 0 amide bonds. The number of hydrogen-bond acceptors (Lipinski definition) is 3. The molecule has 106 valence electrons. The Bertz CT molecular complexity index is 389. The van der Waals surface area contributed by atoms with Crippen molar-refractivity contribution in [1.82, 2.24) is 0 Å². The molecule has 3 nitrogen and oxygen atoms in total. The van der Waals surface area contributed by atoms with Crippen molar-refractivity contribution < 1.29 is 14.2 Å². The second kappa shape index (κ2) is 7.61. The molecule has 1 unspecified atom stereocenters. The van der Waals surface area contributed by atoms with Gasteiger partial charge in [-0.3, -0.25) is 0 Å². The summed E-state index contributed by atoms with van der Waals surface area (Å²) in [7, 11) is 1.65. The molecular formula is C15H21ClO3. The molecule has 0 aromatic heterocycles. The minimum Gasteiger partial charge on any atom is -0.497 e. The molecule has 0 saturated carbocycles. The first-order chi connectivity index (χ1) is 9.33. The van der Waals surface area contributed by atoms with E-state index in [-0.39, 0.29) is 0 Å². The zero-order chi connectivity index (χ0) is 13.5. The van der Waals surface area contributed by atoms with E-state index in [4.69, 9.17) is 25.8 Å². The van der Waals surface area contributed by atoms with Gasteiger partial charge in [-0.05, 0) is 43.9 Å². The maximum absolute atomic E-state index is 5.92. The quantitative estimate of drug-likeness (QED) is 0.563. The van der Waals surface area contributed by atoms with Crippen LogP contribution in [0.2, 0.25) is 0 Å². The normalized spacial score (nSPS) is 18.5. The number of halogens is 1. The third-order valence-electron chi connectivity index (χ3n) is 3.36. The van der Waals surface area contributed by atoms with Crippen molar-refractivity contribution in [2.45, 2.75) is 37.7 Å². The largest absolute Gasteiger partial charge is 0.497 e. The van der Waals surface area contributed by atoms with E-state index in [1.54, 1.807) is 7.11 Å². The van der Waals surface area contributed by atoms with E-state index in [2.05, 4.69) is 0 Å². The van der Waals surface area contributed by atoms with Gasteiger partial charge in [0.15, 0.2) is 0 Å². The summed E-state index contributed by atoms with van der Waals surface area (Å²) in [5.74, 6) is 2.09. The van der Waals surface area contributed by atoms with Gasteiger partial charge in [-0.15, -0.1) is 11.6 Å². The molecule has 0 spiro atoms. The van der Waals surface area contributed by atoms with E-state index in [0.29, 0.717) is 18.6 Å². The van der Waals surface area contributed by atoms with Crippen LogP contribution in [0.3, 0.4) is 0 Å². The van der Waals surface area contributed by atoms with E-state index < -0.39 is 0 Å². The predicted molar refractivity (Wildman–Crippen MR) is 76.3 cm³/mol. The summed E-state index contributed by atoms with van der Waals surface area (Å²) in [5, 5.41) is 0. The van der Waals surface area contributed by atoms with Crippen LogP contribution < -0.4 is 9.47 Å². The smallest absolute Gasteiger partial charge is 0.123 e. The van der Waals surface area contributed by atoms with Crippen molar-refractivity contribution in [2.75, 3.05) is 20.3 Å². The third kappa shape index (κ3) is 4.29. The highest BCUT2D eigenvalue weighted by Crippen LogP contribution is 2.26. The molecule has 19 heavy (non-hydrogen) atoms. The van der Waals surface area contributed by atoms with Gasteiger partial charge in [0.1, 0.15) is 11.5 Å². The molecular weight excluding hydrogens is 264 g/mol. The summed E-state index contributed by atoms with van der Waals surface area (Å²) < 4.78 is 16.6. The van der Waals surface area contributed by atoms with Gasteiger partial charge in [0.05, 0.1) is 25.7 Å². The highest BCUT2D eigenvalue weighted by molar-refractivity contribution is 6.17. The first-order valence-electron chi connectivity index (χ1n) is 6.80. The van der Waals surface area contributed by atoms with Crippen LogP contribution in [0.25, 0.3) is 0 Å². The van der Waals surface area contributed by atoms with E-state index in [9.17, 15) is 0 Å². The van der Waals surface area contributed by atoms with Gasteiger partial charge in [0.2, 0.25) is 0 Å². The van der Waals surface area contributed by atoms with Crippen molar-refractivity contribution >= 4 is 11.6 Å². The maximum Gasteiger partial charge on any atom is 0.123 e. The lowest BCUT2D eigenvalue weighted by Crippen LogP contribution is -2.08. The maximum atomic E-state index is 5.92. The molecule has 0 aliphatic carbocycles. The van der Waals surface area contributed by atoms with Crippen LogP contribution in [0, 0.1) is 0 Å². The standard InChI is InChI=1S/C15H21ClO3/c1-17-14-6-7-15(12(10-14)11-16)19-9-3-5-13-4-2-8-18-13/h6-7,10,13H,2-5,8-9,11H2,1H3. The monoisotopic (exact) mass is 284 g/mol. The fourth-order valence-corrected chi connectivity index (χ4v) is 2.50. The zero-order valence-electron chi connectivity index (χ0n) is 11.4. The van der Waals surface area contributed by atoms with Gasteiger partial charge in [0.25, 0.3) is 0 Å². The van der Waals surface area contributed by atoms with E-state index >= 15 is 0 Å². The molecule has 1 atom stereocenters. The van der Waals surface area contributed by atoms with Crippen LogP contribution >= 0.6 is 11.6 Å². The summed E-state index contributed by atoms with van der Waals surface area (Å²) in [6.45, 7) is 1.62. The lowest BCUT2D eigenvalue weighted by Gasteiger charge is -2.13. The molecule has 1 heterocycles. The summed E-state index contributed by atoms with van der Waals surface area (Å²) in [6, 6.07) is 5.73. The lowest BCUT2D eigenvalue weighted by molar-refractivity contribution is 0.0981. The summed E-state index contributed by atoms with van der Waals surface area (Å²) in [4.78, 5) is 0. The number of ether oxygens (including phenoxy) is 3. The predicted octanol–water partition coefficient (Wildman–Crippen LogP) is 3.77. The molecule has 1 aromatic rings. The van der Waals surface area contributed by atoms with Crippen molar-refractivity contribution in [3.8, 4) is 11.5 Å². The van der Waals surface area contributed by atoms with Crippen molar-refractivity contribution in [3.05, 3.63) is 23.8 Å². The Kier molecular flexibility index (Phi) is 5.80. The van der Waals surface area contributed by atoms with Gasteiger partial charge in [-0.2, -0.15) is 0 Å². The van der Waals surface area contributed by atoms with Gasteiger partial charge < -0.3 is 14.2 Å². The van der Waals surface area contributed by atoms with Crippen LogP contribution in [0.4, 0.5) is 0 Å². The molecule has 0 bridgehead atoms. The Labute approximate surface area is 119 Å². The number of hydrogen-bond donors (Lipinski definition) is 0. The summed E-state index contributed by atoms with van der Waals surface area (Å²) in [6.07, 6.45) is 4.91. The highest BCUT2D eigenvalue weighted by atomic mass is 35.5. The number of rotatable bonds is 7. The Morgan fingerprint density at radius 1 is 1.42 bits per heavy atom. The molecule has 0 radical (unpaired) electrons. The molecule has 1 fully saturated rings. The summed E-state index contributed by atoms with van der Waals surface area (Å²) in [5.41, 5.74) is 0.970. The first kappa shape index (κ1) is 14.5. The van der Waals surface area contributed by atoms with Crippen LogP contribution in [0.1, 0.15) is 31.2 Å². The van der Waals surface area contributed by atoms with Crippen LogP contribution in [-0.4, -0.2) is 26.4 Å². The average molecular weight is 285 g/mol. The molecule has 2 rings (SSSR count). The minimum absolute atomic E-state index is 0.429. The zero-order valence-corrected chi connectivity index (χ0v) is 12.1. The van der Waals surface area contributed by atoms with Gasteiger partial charge in [0, 0.05) is 12.2 Å². The second-order valence-corrected chi connectivity index (χ2v) is 5.00. The molecule has 4 heteroatoms. The van der Waals surface area contributed by atoms with Gasteiger partial charge >= 0.3 is 0 Å². The Morgan fingerprint density at radius 3 is 3.00 bits per heavy atom. The second-order valence-electron chi connectivity index (χ2n) is 4.73. The fraction of sp³-hybridized carbons (Fsp3) is 0.600. The minimum atomic E-state index is 0.429. The van der Waals surface area contributed by atoms with E-state index in [1.807, 2.05) is 18.2 Å². The Balaban J connectivity index is 1.78. The van der Waals surface area contributed by atoms with E-state index in [0.717, 1.165) is 36.5 Å². The molecule has 0 N–H and O–H groups in total. The molecule has 1 saturated heterocycles. The van der Waals surface area contributed by atoms with Gasteiger partial charge in [-0.25, -0.2) is 0 Å². The topological polar surface area (TPSA) is 27.7 Å². The summed E-state index contributed by atoms with van der Waals surface area (Å²) >= 11 is 5.92. The highest BCUT2D eigenvalue weighted by Gasteiger charge is 2.14. The van der Waals surface area contributed by atoms with Crippen molar-refractivity contribution in [2.24, 2.45) is 0 Å². The first-order valence-corrected chi connectivity index (χ1v) is 7.34. The fourth-order valence-electron chi connectivity index (χ4n) is 2.29. The van der Waals surface area contributed by atoms with E-state index in [1.165, 1.54) is 12.8 Å². The molecule has 1 aliphatic rings. The number of methoxy groups -OCH3 is 1. The Morgan fingerprint density at radius 2 is 2.32 bits per heavy atom. The van der Waals surface area contributed by atoms with Crippen LogP contribution in [0.5, 0.6) is 11.5 Å². The Hall–Kier alpha value is -0.930. The molecule has 1 aromatic carbocycles. The molecule has 1 aliphatic heterocycles. The van der Waals surface area contributed by atoms with Crippen molar-refractivity contribution in [1.29, 1.82) is 0 Å². The number of benzene rings is 1.